The fraction of sp³-hybridized carbons (Fsp3) is 0.625. The molecule has 0 bridgehead atoms. The summed E-state index contributed by atoms with van der Waals surface area (Å²) in [5, 5.41) is 4.35. The number of piperidine rings is 1. The summed E-state index contributed by atoms with van der Waals surface area (Å²) in [6.45, 7) is 8.17. The van der Waals surface area contributed by atoms with E-state index in [9.17, 15) is 0 Å². The first-order valence-electron chi connectivity index (χ1n) is 7.41. The van der Waals surface area contributed by atoms with E-state index in [1.165, 1.54) is 44.5 Å². The molecule has 1 atom stereocenters. The third kappa shape index (κ3) is 5.52. The SMILES string of the molecule is CC(CNCc1ccc(Cl)cc1)CN1CCCCC1. The first-order valence-corrected chi connectivity index (χ1v) is 7.79. The Balaban J connectivity index is 1.63. The van der Waals surface area contributed by atoms with Crippen LogP contribution in [0.2, 0.25) is 5.02 Å². The molecule has 1 heterocycles. The van der Waals surface area contributed by atoms with Crippen LogP contribution in [-0.4, -0.2) is 31.1 Å². The minimum absolute atomic E-state index is 0.713. The normalized spacial score (nSPS) is 18.4. The Bertz CT molecular complexity index is 358. The number of nitrogens with zero attached hydrogens (tertiary/aromatic N) is 1. The summed E-state index contributed by atoms with van der Waals surface area (Å²) >= 11 is 5.88. The second-order valence-corrected chi connectivity index (χ2v) is 6.16. The van der Waals surface area contributed by atoms with Gasteiger partial charge in [0, 0.05) is 18.1 Å². The number of hydrogen-bond acceptors (Lipinski definition) is 2. The van der Waals surface area contributed by atoms with Crippen molar-refractivity contribution in [1.29, 1.82) is 0 Å². The van der Waals surface area contributed by atoms with E-state index >= 15 is 0 Å². The molecule has 1 aromatic rings. The minimum atomic E-state index is 0.713. The van der Waals surface area contributed by atoms with Crippen LogP contribution in [0.15, 0.2) is 24.3 Å². The van der Waals surface area contributed by atoms with Crippen molar-refractivity contribution in [3.63, 3.8) is 0 Å². The number of nitrogens with one attached hydrogen (secondary N) is 1. The van der Waals surface area contributed by atoms with E-state index in [2.05, 4.69) is 29.3 Å². The van der Waals surface area contributed by atoms with Crippen molar-refractivity contribution in [3.8, 4) is 0 Å². The van der Waals surface area contributed by atoms with Gasteiger partial charge in [-0.1, -0.05) is 37.1 Å². The topological polar surface area (TPSA) is 15.3 Å². The summed E-state index contributed by atoms with van der Waals surface area (Å²) in [4.78, 5) is 2.61. The zero-order valence-corrected chi connectivity index (χ0v) is 12.6. The van der Waals surface area contributed by atoms with Crippen LogP contribution in [0.4, 0.5) is 0 Å². The Labute approximate surface area is 122 Å². The van der Waals surface area contributed by atoms with Crippen molar-refractivity contribution in [2.24, 2.45) is 5.92 Å². The molecular weight excluding hydrogens is 256 g/mol. The third-order valence-corrected chi connectivity index (χ3v) is 4.01. The molecule has 19 heavy (non-hydrogen) atoms. The van der Waals surface area contributed by atoms with Crippen molar-refractivity contribution in [1.82, 2.24) is 10.2 Å². The minimum Gasteiger partial charge on any atom is -0.312 e. The Morgan fingerprint density at radius 3 is 2.53 bits per heavy atom. The molecule has 1 saturated heterocycles. The van der Waals surface area contributed by atoms with Gasteiger partial charge in [-0.05, 0) is 56.1 Å². The second-order valence-electron chi connectivity index (χ2n) is 5.72. The maximum absolute atomic E-state index is 5.88. The Hall–Kier alpha value is -0.570. The summed E-state index contributed by atoms with van der Waals surface area (Å²) in [5.74, 6) is 0.713. The monoisotopic (exact) mass is 280 g/mol. The maximum atomic E-state index is 5.88. The molecule has 0 saturated carbocycles. The molecule has 1 aromatic carbocycles. The highest BCUT2D eigenvalue weighted by Crippen LogP contribution is 2.11. The highest BCUT2D eigenvalue weighted by atomic mass is 35.5. The van der Waals surface area contributed by atoms with Gasteiger partial charge in [-0.3, -0.25) is 0 Å². The standard InChI is InChI=1S/C16H25ClN2/c1-14(13-19-9-3-2-4-10-19)11-18-12-15-5-7-16(17)8-6-15/h5-8,14,18H,2-4,9-13H2,1H3. The van der Waals surface area contributed by atoms with Gasteiger partial charge >= 0.3 is 0 Å². The van der Waals surface area contributed by atoms with Crippen molar-refractivity contribution >= 4 is 11.6 Å². The van der Waals surface area contributed by atoms with Crippen molar-refractivity contribution in [2.45, 2.75) is 32.7 Å². The molecule has 0 aliphatic carbocycles. The van der Waals surface area contributed by atoms with E-state index in [0.717, 1.165) is 18.1 Å². The molecule has 1 N–H and O–H groups in total. The zero-order valence-electron chi connectivity index (χ0n) is 11.9. The van der Waals surface area contributed by atoms with Crippen LogP contribution in [0.3, 0.4) is 0 Å². The smallest absolute Gasteiger partial charge is 0.0406 e. The molecular formula is C16H25ClN2. The van der Waals surface area contributed by atoms with Crippen LogP contribution in [0, 0.1) is 5.92 Å². The molecule has 1 aliphatic rings. The highest BCUT2D eigenvalue weighted by molar-refractivity contribution is 6.30. The summed E-state index contributed by atoms with van der Waals surface area (Å²) in [7, 11) is 0. The number of likely N-dealkylation sites (tertiary alicyclic amines) is 1. The predicted octanol–water partition coefficient (Wildman–Crippen LogP) is 3.55. The fourth-order valence-corrected chi connectivity index (χ4v) is 2.84. The van der Waals surface area contributed by atoms with E-state index in [0.29, 0.717) is 5.92 Å². The van der Waals surface area contributed by atoms with E-state index in [4.69, 9.17) is 11.6 Å². The summed E-state index contributed by atoms with van der Waals surface area (Å²) < 4.78 is 0. The lowest BCUT2D eigenvalue weighted by molar-refractivity contribution is 0.199. The molecule has 0 radical (unpaired) electrons. The quantitative estimate of drug-likeness (QED) is 0.857. The molecule has 0 aromatic heterocycles. The van der Waals surface area contributed by atoms with E-state index < -0.39 is 0 Å². The Morgan fingerprint density at radius 2 is 1.84 bits per heavy atom. The lowest BCUT2D eigenvalue weighted by Crippen LogP contribution is -2.36. The molecule has 0 spiro atoms. The molecule has 106 valence electrons. The molecule has 3 heteroatoms. The maximum Gasteiger partial charge on any atom is 0.0406 e. The van der Waals surface area contributed by atoms with E-state index in [1.807, 2.05) is 12.1 Å². The van der Waals surface area contributed by atoms with Gasteiger partial charge in [0.1, 0.15) is 0 Å². The largest absolute Gasteiger partial charge is 0.312 e. The molecule has 0 amide bonds. The van der Waals surface area contributed by atoms with Crippen molar-refractivity contribution in [2.75, 3.05) is 26.2 Å². The van der Waals surface area contributed by atoms with Crippen LogP contribution in [0.5, 0.6) is 0 Å². The van der Waals surface area contributed by atoms with Crippen molar-refractivity contribution in [3.05, 3.63) is 34.9 Å². The number of benzene rings is 1. The van der Waals surface area contributed by atoms with Gasteiger partial charge in [0.2, 0.25) is 0 Å². The van der Waals surface area contributed by atoms with Crippen LogP contribution < -0.4 is 5.32 Å². The fourth-order valence-electron chi connectivity index (χ4n) is 2.71. The molecule has 2 rings (SSSR count). The third-order valence-electron chi connectivity index (χ3n) is 3.75. The molecule has 1 aliphatic heterocycles. The van der Waals surface area contributed by atoms with Gasteiger partial charge in [-0.25, -0.2) is 0 Å². The van der Waals surface area contributed by atoms with Gasteiger partial charge in [0.15, 0.2) is 0 Å². The van der Waals surface area contributed by atoms with Gasteiger partial charge < -0.3 is 10.2 Å². The van der Waals surface area contributed by atoms with Gasteiger partial charge in [-0.15, -0.1) is 0 Å². The first-order chi connectivity index (χ1) is 9.24. The van der Waals surface area contributed by atoms with Gasteiger partial charge in [0.25, 0.3) is 0 Å². The number of hydrogen-bond donors (Lipinski definition) is 1. The molecule has 1 fully saturated rings. The lowest BCUT2D eigenvalue weighted by atomic mass is 10.1. The first kappa shape index (κ1) is 14.8. The number of halogens is 1. The predicted molar refractivity (Wildman–Crippen MR) is 82.6 cm³/mol. The van der Waals surface area contributed by atoms with Crippen LogP contribution in [-0.2, 0) is 6.54 Å². The molecule has 2 nitrogen and oxygen atoms in total. The van der Waals surface area contributed by atoms with E-state index in [1.54, 1.807) is 0 Å². The Kier molecular flexibility index (Phi) is 6.15. The van der Waals surface area contributed by atoms with Gasteiger partial charge in [0.05, 0.1) is 0 Å². The highest BCUT2D eigenvalue weighted by Gasteiger charge is 2.12. The molecule has 1 unspecified atom stereocenters. The van der Waals surface area contributed by atoms with E-state index in [-0.39, 0.29) is 0 Å². The van der Waals surface area contributed by atoms with Crippen LogP contribution in [0.25, 0.3) is 0 Å². The second kappa shape index (κ2) is 7.88. The van der Waals surface area contributed by atoms with Crippen LogP contribution in [0.1, 0.15) is 31.7 Å². The zero-order chi connectivity index (χ0) is 13.5. The average molecular weight is 281 g/mol. The summed E-state index contributed by atoms with van der Waals surface area (Å²) in [6.07, 6.45) is 4.18. The summed E-state index contributed by atoms with van der Waals surface area (Å²) in [6, 6.07) is 8.08. The summed E-state index contributed by atoms with van der Waals surface area (Å²) in [5.41, 5.74) is 1.30. The van der Waals surface area contributed by atoms with Gasteiger partial charge in [-0.2, -0.15) is 0 Å². The van der Waals surface area contributed by atoms with Crippen LogP contribution >= 0.6 is 11.6 Å². The van der Waals surface area contributed by atoms with Crippen molar-refractivity contribution < 1.29 is 0 Å². The Morgan fingerprint density at radius 1 is 1.16 bits per heavy atom. The number of rotatable bonds is 6. The lowest BCUT2D eigenvalue weighted by Gasteiger charge is -2.29. The average Bonchev–Trinajstić information content (AvgIpc) is 2.42.